The van der Waals surface area contributed by atoms with Crippen molar-refractivity contribution in [3.63, 3.8) is 0 Å². The third kappa shape index (κ3) is 6.79. The molecule has 192 valence electrons. The number of fused-ring (bicyclic) bond motifs is 1. The van der Waals surface area contributed by atoms with Gasteiger partial charge in [-0.25, -0.2) is 15.0 Å². The maximum absolute atomic E-state index is 12.4. The van der Waals surface area contributed by atoms with E-state index in [2.05, 4.69) is 34.8 Å². The Labute approximate surface area is 205 Å². The van der Waals surface area contributed by atoms with Crippen LogP contribution < -0.4 is 15.0 Å². The molecule has 3 aromatic rings. The number of ether oxygens (including phenoxy) is 1. The topological polar surface area (TPSA) is 104 Å². The predicted octanol–water partition coefficient (Wildman–Crippen LogP) is 2.92. The first-order valence-electron chi connectivity index (χ1n) is 11.6. The standard InChI is InChI=1S/C24H27F3N6O3/c1-16-22-19(29-23(28-16)33-12-10-32(11-13-33)14-15-34)7-8-20(31-22)30-21(35)9-4-17-2-5-18(6-3-17)36-24(25,26)27/h2-3,5-8,34H,4,9-15H2,1H3,(H,30,31,35). The summed E-state index contributed by atoms with van der Waals surface area (Å²) in [7, 11) is 0. The van der Waals surface area contributed by atoms with Gasteiger partial charge in [0.2, 0.25) is 11.9 Å². The number of carbonyl (C=O) groups is 1. The van der Waals surface area contributed by atoms with E-state index in [-0.39, 0.29) is 24.7 Å². The van der Waals surface area contributed by atoms with Crippen LogP contribution >= 0.6 is 0 Å². The number of β-amino-alcohol motifs (C(OH)–C–C–N with tert-alkyl or cyclic N) is 1. The van der Waals surface area contributed by atoms with Gasteiger partial charge in [0.25, 0.3) is 0 Å². The molecular weight excluding hydrogens is 477 g/mol. The minimum Gasteiger partial charge on any atom is -0.406 e. The third-order valence-electron chi connectivity index (χ3n) is 5.84. The number of rotatable bonds is 8. The van der Waals surface area contributed by atoms with Crippen LogP contribution in [-0.2, 0) is 11.2 Å². The van der Waals surface area contributed by atoms with Crippen molar-refractivity contribution < 1.29 is 27.8 Å². The Kier molecular flexibility index (Phi) is 7.85. The summed E-state index contributed by atoms with van der Waals surface area (Å²) in [5.74, 6) is 0.432. The number of hydrogen-bond acceptors (Lipinski definition) is 8. The number of anilines is 2. The van der Waals surface area contributed by atoms with Crippen molar-refractivity contribution in [2.24, 2.45) is 0 Å². The van der Waals surface area contributed by atoms with Crippen molar-refractivity contribution in [3.05, 3.63) is 47.7 Å². The summed E-state index contributed by atoms with van der Waals surface area (Å²) in [5.41, 5.74) is 2.68. The highest BCUT2D eigenvalue weighted by Crippen LogP contribution is 2.23. The molecule has 0 aliphatic carbocycles. The average molecular weight is 505 g/mol. The smallest absolute Gasteiger partial charge is 0.406 e. The molecule has 0 atom stereocenters. The molecule has 0 radical (unpaired) electrons. The predicted molar refractivity (Wildman–Crippen MR) is 128 cm³/mol. The molecule has 1 amide bonds. The molecule has 12 heteroatoms. The number of nitrogens with zero attached hydrogens (tertiary/aromatic N) is 5. The first-order chi connectivity index (χ1) is 17.2. The Morgan fingerprint density at radius 2 is 1.78 bits per heavy atom. The summed E-state index contributed by atoms with van der Waals surface area (Å²) >= 11 is 0. The number of carbonyl (C=O) groups excluding carboxylic acids is 1. The molecule has 2 N–H and O–H groups in total. The first kappa shape index (κ1) is 25.6. The van der Waals surface area contributed by atoms with Crippen molar-refractivity contribution in [2.75, 3.05) is 49.5 Å². The summed E-state index contributed by atoms with van der Waals surface area (Å²) in [6.07, 6.45) is -4.26. The van der Waals surface area contributed by atoms with Crippen LogP contribution in [0.4, 0.5) is 24.9 Å². The lowest BCUT2D eigenvalue weighted by atomic mass is 10.1. The summed E-state index contributed by atoms with van der Waals surface area (Å²) in [4.78, 5) is 30.5. The van der Waals surface area contributed by atoms with E-state index < -0.39 is 6.36 Å². The van der Waals surface area contributed by atoms with Crippen molar-refractivity contribution in [1.29, 1.82) is 0 Å². The minimum atomic E-state index is -4.74. The van der Waals surface area contributed by atoms with Gasteiger partial charge in [-0.05, 0) is 43.2 Å². The van der Waals surface area contributed by atoms with Crippen LogP contribution in [0.15, 0.2) is 36.4 Å². The van der Waals surface area contributed by atoms with Gasteiger partial charge in [0, 0.05) is 39.1 Å². The van der Waals surface area contributed by atoms with E-state index in [9.17, 15) is 18.0 Å². The van der Waals surface area contributed by atoms with Crippen LogP contribution in [0.25, 0.3) is 11.0 Å². The maximum Gasteiger partial charge on any atom is 0.573 e. The average Bonchev–Trinajstić information content (AvgIpc) is 2.84. The van der Waals surface area contributed by atoms with E-state index in [1.165, 1.54) is 24.3 Å². The fourth-order valence-corrected chi connectivity index (χ4v) is 3.99. The highest BCUT2D eigenvalue weighted by Gasteiger charge is 2.31. The van der Waals surface area contributed by atoms with Crippen LogP contribution in [-0.4, -0.2) is 76.6 Å². The molecule has 36 heavy (non-hydrogen) atoms. The monoisotopic (exact) mass is 504 g/mol. The molecule has 0 saturated carbocycles. The van der Waals surface area contributed by atoms with Gasteiger partial charge in [-0.1, -0.05) is 12.1 Å². The summed E-state index contributed by atoms with van der Waals surface area (Å²) < 4.78 is 40.7. The van der Waals surface area contributed by atoms with E-state index >= 15 is 0 Å². The SMILES string of the molecule is Cc1nc(N2CCN(CCO)CC2)nc2ccc(NC(=O)CCc3ccc(OC(F)(F)F)cc3)nc12. The molecular formula is C24H27F3N6O3. The molecule has 1 aromatic carbocycles. The quantitative estimate of drug-likeness (QED) is 0.483. The Bertz CT molecular complexity index is 1200. The molecule has 0 bridgehead atoms. The lowest BCUT2D eigenvalue weighted by molar-refractivity contribution is -0.274. The van der Waals surface area contributed by atoms with Gasteiger partial charge >= 0.3 is 6.36 Å². The molecule has 3 heterocycles. The van der Waals surface area contributed by atoms with Gasteiger partial charge in [0.05, 0.1) is 17.8 Å². The number of nitrogens with one attached hydrogen (secondary N) is 1. The highest BCUT2D eigenvalue weighted by atomic mass is 19.4. The Hall–Kier alpha value is -3.51. The second-order valence-corrected chi connectivity index (χ2v) is 8.47. The van der Waals surface area contributed by atoms with E-state index in [1.54, 1.807) is 12.1 Å². The Balaban J connectivity index is 1.35. The largest absolute Gasteiger partial charge is 0.573 e. The Morgan fingerprint density at radius 3 is 2.44 bits per heavy atom. The molecule has 4 rings (SSSR count). The minimum absolute atomic E-state index is 0.135. The van der Waals surface area contributed by atoms with Crippen molar-refractivity contribution in [3.8, 4) is 5.75 Å². The summed E-state index contributed by atoms with van der Waals surface area (Å²) in [6.45, 7) is 5.85. The van der Waals surface area contributed by atoms with Gasteiger partial charge in [-0.2, -0.15) is 0 Å². The highest BCUT2D eigenvalue weighted by molar-refractivity contribution is 5.91. The van der Waals surface area contributed by atoms with E-state index in [4.69, 9.17) is 5.11 Å². The van der Waals surface area contributed by atoms with Crippen LogP contribution in [0.1, 0.15) is 17.7 Å². The number of aliphatic hydroxyl groups excluding tert-OH is 1. The third-order valence-corrected chi connectivity index (χ3v) is 5.84. The van der Waals surface area contributed by atoms with E-state index in [0.29, 0.717) is 47.0 Å². The second-order valence-electron chi connectivity index (χ2n) is 8.47. The first-order valence-corrected chi connectivity index (χ1v) is 11.6. The van der Waals surface area contributed by atoms with Gasteiger partial charge in [0.1, 0.15) is 17.1 Å². The normalized spacial score (nSPS) is 14.8. The number of aromatic nitrogens is 3. The van der Waals surface area contributed by atoms with Crippen LogP contribution in [0.3, 0.4) is 0 Å². The van der Waals surface area contributed by atoms with Crippen molar-refractivity contribution >= 4 is 28.7 Å². The number of piperazine rings is 1. The van der Waals surface area contributed by atoms with Gasteiger partial charge < -0.3 is 20.1 Å². The van der Waals surface area contributed by atoms with E-state index in [1.807, 2.05) is 6.92 Å². The van der Waals surface area contributed by atoms with Gasteiger partial charge in [-0.15, -0.1) is 13.2 Å². The number of halogens is 3. The summed E-state index contributed by atoms with van der Waals surface area (Å²) in [6, 6.07) is 8.90. The number of pyridine rings is 1. The number of hydrogen-bond donors (Lipinski definition) is 2. The molecule has 0 spiro atoms. The molecule has 1 aliphatic rings. The molecule has 0 unspecified atom stereocenters. The van der Waals surface area contributed by atoms with Crippen molar-refractivity contribution in [1.82, 2.24) is 19.9 Å². The second kappa shape index (κ2) is 11.0. The Morgan fingerprint density at radius 1 is 1.06 bits per heavy atom. The summed E-state index contributed by atoms with van der Waals surface area (Å²) in [5, 5.41) is 11.9. The molecule has 1 saturated heterocycles. The molecule has 2 aromatic heterocycles. The number of aryl methyl sites for hydroxylation is 2. The van der Waals surface area contributed by atoms with Gasteiger partial charge in [-0.3, -0.25) is 9.69 Å². The molecule has 1 fully saturated rings. The zero-order valence-electron chi connectivity index (χ0n) is 19.8. The zero-order chi connectivity index (χ0) is 25.7. The van der Waals surface area contributed by atoms with Crippen LogP contribution in [0.5, 0.6) is 5.75 Å². The molecule has 9 nitrogen and oxygen atoms in total. The number of alkyl halides is 3. The lowest BCUT2D eigenvalue weighted by Gasteiger charge is -2.34. The number of aliphatic hydroxyl groups is 1. The fourth-order valence-electron chi connectivity index (χ4n) is 3.99. The molecule has 1 aliphatic heterocycles. The maximum atomic E-state index is 12.4. The van der Waals surface area contributed by atoms with Crippen molar-refractivity contribution in [2.45, 2.75) is 26.1 Å². The zero-order valence-corrected chi connectivity index (χ0v) is 19.8. The lowest BCUT2D eigenvalue weighted by Crippen LogP contribution is -2.47. The van der Waals surface area contributed by atoms with Crippen LogP contribution in [0, 0.1) is 6.92 Å². The number of amides is 1. The van der Waals surface area contributed by atoms with Crippen LogP contribution in [0.2, 0.25) is 0 Å². The van der Waals surface area contributed by atoms with Gasteiger partial charge in [0.15, 0.2) is 0 Å². The van der Waals surface area contributed by atoms with E-state index in [0.717, 1.165) is 26.2 Å². The fraction of sp³-hybridized carbons (Fsp3) is 0.417. The number of benzene rings is 1.